The van der Waals surface area contributed by atoms with Gasteiger partial charge in [0.2, 0.25) is 0 Å². The third-order valence-electron chi connectivity index (χ3n) is 10.9. The Morgan fingerprint density at radius 1 is 0.875 bits per heavy atom. The lowest BCUT2D eigenvalue weighted by Gasteiger charge is -2.38. The van der Waals surface area contributed by atoms with E-state index >= 15 is 0 Å². The van der Waals surface area contributed by atoms with Crippen LogP contribution in [0.25, 0.3) is 11.6 Å². The SMILES string of the molecule is C=C/C=C1/C2=C(S/C=C\C=C/C2=C)C2(C(=C)/C=C(C3=CC=C(C4c5ccccc5C5=CC=CC4C5)CC3)\C=C/c3ccccc32)/C1=C/C. The minimum absolute atomic E-state index is 0.433. The molecule has 0 N–H and O–H groups in total. The van der Waals surface area contributed by atoms with Crippen LogP contribution in [0.4, 0.5) is 0 Å². The van der Waals surface area contributed by atoms with Crippen LogP contribution >= 0.6 is 11.8 Å². The van der Waals surface area contributed by atoms with Gasteiger partial charge < -0.3 is 0 Å². The largest absolute Gasteiger partial charge is 0.100 e. The van der Waals surface area contributed by atoms with Gasteiger partial charge in [-0.3, -0.25) is 0 Å². The van der Waals surface area contributed by atoms with Crippen LogP contribution in [0.3, 0.4) is 0 Å². The Kier molecular flexibility index (Phi) is 7.82. The molecule has 234 valence electrons. The summed E-state index contributed by atoms with van der Waals surface area (Å²) in [7, 11) is 0. The van der Waals surface area contributed by atoms with Gasteiger partial charge in [0, 0.05) is 16.4 Å². The van der Waals surface area contributed by atoms with Crippen molar-refractivity contribution in [3.05, 3.63) is 224 Å². The van der Waals surface area contributed by atoms with Crippen molar-refractivity contribution in [2.45, 2.75) is 37.5 Å². The first kappa shape index (κ1) is 30.5. The van der Waals surface area contributed by atoms with Gasteiger partial charge in [-0.05, 0) is 98.8 Å². The van der Waals surface area contributed by atoms with Gasteiger partial charge in [0.05, 0.1) is 5.41 Å². The maximum Gasteiger partial charge on any atom is 0.0773 e. The molecule has 0 saturated heterocycles. The van der Waals surface area contributed by atoms with E-state index in [0.717, 1.165) is 30.4 Å². The van der Waals surface area contributed by atoms with Gasteiger partial charge >= 0.3 is 0 Å². The Balaban J connectivity index is 1.27. The summed E-state index contributed by atoms with van der Waals surface area (Å²) < 4.78 is 0. The fourth-order valence-corrected chi connectivity index (χ4v) is 10.0. The molecule has 5 aliphatic carbocycles. The highest BCUT2D eigenvalue weighted by Gasteiger charge is 2.51. The number of benzene rings is 2. The smallest absolute Gasteiger partial charge is 0.0773 e. The molecule has 3 atom stereocenters. The Morgan fingerprint density at radius 3 is 2.56 bits per heavy atom. The molecule has 3 unspecified atom stereocenters. The summed E-state index contributed by atoms with van der Waals surface area (Å²) in [5.41, 5.74) is 16.1. The van der Waals surface area contributed by atoms with Crippen molar-refractivity contribution in [2.75, 3.05) is 0 Å². The molecule has 8 rings (SSSR count). The molecular weight excluding hydrogens is 597 g/mol. The zero-order chi connectivity index (χ0) is 32.8. The molecule has 1 heterocycles. The van der Waals surface area contributed by atoms with Gasteiger partial charge in [0.25, 0.3) is 0 Å². The first-order valence-electron chi connectivity index (χ1n) is 17.1. The first-order valence-corrected chi connectivity index (χ1v) is 17.9. The van der Waals surface area contributed by atoms with Crippen molar-refractivity contribution < 1.29 is 0 Å². The Hall–Kier alpha value is -4.85. The summed E-state index contributed by atoms with van der Waals surface area (Å²) >= 11 is 1.79. The van der Waals surface area contributed by atoms with Gasteiger partial charge in [0.15, 0.2) is 0 Å². The topological polar surface area (TPSA) is 0 Å². The van der Waals surface area contributed by atoms with Crippen LogP contribution in [0.1, 0.15) is 54.4 Å². The molecule has 6 aliphatic rings. The quantitative estimate of drug-likeness (QED) is 0.323. The maximum absolute atomic E-state index is 4.93. The summed E-state index contributed by atoms with van der Waals surface area (Å²) in [5.74, 6) is 0.960. The Morgan fingerprint density at radius 2 is 1.73 bits per heavy atom. The van der Waals surface area contributed by atoms with Crippen LogP contribution in [-0.2, 0) is 5.41 Å². The monoisotopic (exact) mass is 636 g/mol. The van der Waals surface area contributed by atoms with E-state index in [-0.39, 0.29) is 0 Å². The Bertz CT molecular complexity index is 2130. The van der Waals surface area contributed by atoms with Crippen molar-refractivity contribution in [1.29, 1.82) is 0 Å². The molecule has 0 amide bonds. The third kappa shape index (κ3) is 4.67. The number of hydrogen-bond acceptors (Lipinski definition) is 1. The average molecular weight is 637 g/mol. The summed E-state index contributed by atoms with van der Waals surface area (Å²) in [4.78, 5) is 1.25. The van der Waals surface area contributed by atoms with Crippen LogP contribution in [0.15, 0.2) is 202 Å². The van der Waals surface area contributed by atoms with E-state index in [0.29, 0.717) is 11.8 Å². The van der Waals surface area contributed by atoms with Crippen LogP contribution in [0.5, 0.6) is 0 Å². The summed E-state index contributed by atoms with van der Waals surface area (Å²) in [5, 5.41) is 2.19. The second-order valence-corrected chi connectivity index (χ2v) is 14.2. The Labute approximate surface area is 290 Å². The molecule has 2 bridgehead atoms. The number of fused-ring (bicyclic) bond motifs is 7. The summed E-state index contributed by atoms with van der Waals surface area (Å²) in [6, 6.07) is 17.9. The van der Waals surface area contributed by atoms with Crippen molar-refractivity contribution in [2.24, 2.45) is 5.92 Å². The highest BCUT2D eigenvalue weighted by atomic mass is 32.2. The molecule has 1 heteroatoms. The number of rotatable bonds is 3. The van der Waals surface area contributed by atoms with Crippen molar-refractivity contribution in [1.82, 2.24) is 0 Å². The molecule has 48 heavy (non-hydrogen) atoms. The maximum atomic E-state index is 4.93. The lowest BCUT2D eigenvalue weighted by Crippen LogP contribution is -2.30. The molecule has 2 aromatic carbocycles. The molecule has 2 aromatic rings. The molecule has 1 aliphatic heterocycles. The van der Waals surface area contributed by atoms with Crippen molar-refractivity contribution >= 4 is 23.4 Å². The zero-order valence-electron chi connectivity index (χ0n) is 27.6. The first-order chi connectivity index (χ1) is 23.6. The molecule has 0 nitrogen and oxygen atoms in total. The van der Waals surface area contributed by atoms with E-state index in [1.165, 1.54) is 60.6 Å². The molecule has 1 spiro atoms. The number of allylic oxidation sites excluding steroid dienone is 23. The van der Waals surface area contributed by atoms with Gasteiger partial charge in [0.1, 0.15) is 0 Å². The van der Waals surface area contributed by atoms with Gasteiger partial charge in [-0.1, -0.05) is 159 Å². The van der Waals surface area contributed by atoms with Gasteiger partial charge in [-0.25, -0.2) is 0 Å². The fourth-order valence-electron chi connectivity index (χ4n) is 8.82. The van der Waals surface area contributed by atoms with Crippen LogP contribution in [-0.4, -0.2) is 0 Å². The molecule has 0 radical (unpaired) electrons. The van der Waals surface area contributed by atoms with Crippen LogP contribution < -0.4 is 0 Å². The average Bonchev–Trinajstić information content (AvgIpc) is 3.38. The third-order valence-corrected chi connectivity index (χ3v) is 11.9. The number of hydrogen-bond donors (Lipinski definition) is 0. The normalized spacial score (nSPS) is 30.4. The fraction of sp³-hybridized carbons (Fsp3) is 0.149. The van der Waals surface area contributed by atoms with E-state index < -0.39 is 5.41 Å². The molecule has 0 fully saturated rings. The highest BCUT2D eigenvalue weighted by Crippen LogP contribution is 2.62. The standard InChI is InChI=1S/C47H40S/c1-5-14-41-42(6-2)47(46-44(41)31(3)15-11-12-28-48-46)32(4)29-36(27-24-34-16-7-10-21-43(34)47)33-22-25-35(26-23-33)45-38-18-13-17-37(30-38)39-19-8-9-20-40(39)45/h5-22,24-25,27-29,38,45H,1,3-4,23,26,30H2,2H3/b15-11-,27-24-,28-12-,36-29+,41-14+,42-6+. The number of thioether (sulfide) groups is 1. The molecular formula is C47H40S. The predicted octanol–water partition coefficient (Wildman–Crippen LogP) is 12.5. The van der Waals surface area contributed by atoms with Gasteiger partial charge in [-0.2, -0.15) is 0 Å². The minimum Gasteiger partial charge on any atom is -0.100 e. The van der Waals surface area contributed by atoms with Crippen LogP contribution in [0.2, 0.25) is 0 Å². The highest BCUT2D eigenvalue weighted by molar-refractivity contribution is 8.06. The summed E-state index contributed by atoms with van der Waals surface area (Å²) in [6.07, 6.45) is 34.6. The van der Waals surface area contributed by atoms with E-state index in [4.69, 9.17) is 6.58 Å². The predicted molar refractivity (Wildman–Crippen MR) is 208 cm³/mol. The van der Waals surface area contributed by atoms with E-state index in [1.807, 2.05) is 6.08 Å². The second kappa shape index (κ2) is 12.3. The minimum atomic E-state index is -0.560. The summed E-state index contributed by atoms with van der Waals surface area (Å²) in [6.45, 7) is 15.7. The van der Waals surface area contributed by atoms with E-state index in [2.05, 4.69) is 153 Å². The van der Waals surface area contributed by atoms with Crippen LogP contribution in [0, 0.1) is 5.92 Å². The molecule has 0 saturated carbocycles. The van der Waals surface area contributed by atoms with Gasteiger partial charge in [-0.15, -0.1) is 11.8 Å². The lowest BCUT2D eigenvalue weighted by atomic mass is 9.66. The van der Waals surface area contributed by atoms with Crippen molar-refractivity contribution in [3.63, 3.8) is 0 Å². The van der Waals surface area contributed by atoms with E-state index in [1.54, 1.807) is 17.3 Å². The molecule has 0 aromatic heterocycles. The lowest BCUT2D eigenvalue weighted by molar-refractivity contribution is 0.537. The zero-order valence-corrected chi connectivity index (χ0v) is 28.4. The van der Waals surface area contributed by atoms with E-state index in [9.17, 15) is 0 Å². The van der Waals surface area contributed by atoms with Crippen molar-refractivity contribution in [3.8, 4) is 0 Å². The second-order valence-electron chi connectivity index (χ2n) is 13.3.